The number of phenols is 3. The first-order valence-corrected chi connectivity index (χ1v) is 50.5. The van der Waals surface area contributed by atoms with E-state index in [0.717, 1.165) is 86.4 Å². The number of carbonyl (C=O) groups is 4. The summed E-state index contributed by atoms with van der Waals surface area (Å²) >= 11 is 0. The quantitative estimate of drug-likeness (QED) is 0.0315. The van der Waals surface area contributed by atoms with Gasteiger partial charge in [0.1, 0.15) is 45.4 Å². The molecule has 12 saturated carbocycles. The number of hydrogen-bond donors (Lipinski definition) is 3. The molecule has 12 fully saturated rings. The topological polar surface area (TPSA) is 175 Å². The maximum absolute atomic E-state index is 12.8. The summed E-state index contributed by atoms with van der Waals surface area (Å²) in [6.45, 7) is 48.9. The summed E-state index contributed by atoms with van der Waals surface area (Å²) in [6, 6.07) is 56.6. The fraction of sp³-hybridized carbons (Fsp3) is 0.607. The summed E-state index contributed by atoms with van der Waals surface area (Å²) < 4.78 is 28.6. The van der Waals surface area contributed by atoms with Gasteiger partial charge in [-0.25, -0.2) is 14.4 Å². The Morgan fingerprint density at radius 1 is 0.326 bits per heavy atom. The third-order valence-electron chi connectivity index (χ3n) is 32.3. The van der Waals surface area contributed by atoms with Crippen LogP contribution in [0.15, 0.2) is 176 Å². The molecule has 7 aromatic carbocycles. The Morgan fingerprint density at radius 2 is 0.574 bits per heavy atom. The minimum Gasteiger partial charge on any atom is -0.508 e. The van der Waals surface area contributed by atoms with E-state index in [2.05, 4.69) is 186 Å². The van der Waals surface area contributed by atoms with Crippen molar-refractivity contribution in [3.63, 3.8) is 0 Å². The van der Waals surface area contributed by atoms with Gasteiger partial charge in [-0.2, -0.15) is 0 Å². The molecule has 12 aliphatic rings. The molecule has 129 heavy (non-hydrogen) atoms. The molecule has 12 bridgehead atoms. The summed E-state index contributed by atoms with van der Waals surface area (Å²) in [4.78, 5) is 49.3. The zero-order chi connectivity index (χ0) is 94.3. The predicted octanol–water partition coefficient (Wildman–Crippen LogP) is 32.1. The second kappa shape index (κ2) is 47.8. The highest BCUT2D eigenvalue weighted by Crippen LogP contribution is 2.65. The van der Waals surface area contributed by atoms with Gasteiger partial charge >= 0.3 is 24.1 Å². The van der Waals surface area contributed by atoms with Crippen LogP contribution in [0.2, 0.25) is 0 Å². The number of ether oxygens (including phenoxy) is 5. The van der Waals surface area contributed by atoms with Crippen LogP contribution < -0.4 is 4.74 Å². The molecule has 0 radical (unpaired) electrons. The molecule has 0 aliphatic heterocycles. The van der Waals surface area contributed by atoms with E-state index >= 15 is 0 Å². The second-order valence-corrected chi connectivity index (χ2v) is 42.9. The van der Waals surface area contributed by atoms with Crippen molar-refractivity contribution in [3.8, 4) is 23.0 Å². The maximum atomic E-state index is 12.8. The summed E-state index contributed by atoms with van der Waals surface area (Å²) in [5, 5.41) is 27.0. The number of benzene rings is 7. The van der Waals surface area contributed by atoms with Gasteiger partial charge in [0.05, 0.1) is 17.0 Å². The van der Waals surface area contributed by atoms with Crippen LogP contribution in [0, 0.1) is 76.4 Å². The molecule has 3 N–H and O–H groups in total. The number of esters is 3. The SMILES string of the molecule is CCC(C)C(=O)OC(C)(C)C12CC3CC(CC(C3)C1)C2.CCC(C)c1ccc(C(=O)OC2(C)C3CC4CC(C3)CC2C4)cc1.CCC(C)c1ccc(C(=O)OC2(C)C3CC4CC(C3)CC2C4)cc1.CCC(C)c1ccc(O)cc1.CCC(C)c1ccc(O)cc1.CCC(C)c1ccc(O)cc1.CCC(C)c1ccc(OC(=O)OC(C)(C)C)cc1.CCC(C)c1ccccc1. The molecule has 12 nitrogen and oxygen atoms in total. The third kappa shape index (κ3) is 28.8. The van der Waals surface area contributed by atoms with Crippen LogP contribution in [0.4, 0.5) is 4.79 Å². The number of hydrogen-bond acceptors (Lipinski definition) is 12. The lowest BCUT2D eigenvalue weighted by Gasteiger charge is -2.61. The van der Waals surface area contributed by atoms with Crippen LogP contribution >= 0.6 is 0 Å². The van der Waals surface area contributed by atoms with Crippen molar-refractivity contribution in [2.45, 2.75) is 377 Å². The smallest absolute Gasteiger partial charge is 0.508 e. The monoisotopic (exact) mass is 1770 g/mol. The van der Waals surface area contributed by atoms with E-state index in [1.165, 1.54) is 148 Å². The van der Waals surface area contributed by atoms with Crippen molar-refractivity contribution < 1.29 is 58.2 Å². The van der Waals surface area contributed by atoms with E-state index in [4.69, 9.17) is 39.0 Å². The minimum absolute atomic E-state index is 0.00763. The number of carbonyl (C=O) groups excluding carboxylic acids is 4. The molecular formula is C117H168O12. The highest BCUT2D eigenvalue weighted by Gasteiger charge is 2.61. The van der Waals surface area contributed by atoms with E-state index in [9.17, 15) is 19.2 Å². The number of rotatable bonds is 23. The first-order valence-electron chi connectivity index (χ1n) is 50.5. The molecule has 0 heterocycles. The van der Waals surface area contributed by atoms with E-state index in [1.54, 1.807) is 69.3 Å². The second-order valence-electron chi connectivity index (χ2n) is 42.9. The molecule has 0 aromatic heterocycles. The Hall–Kier alpha value is -8.38. The Bertz CT molecular complexity index is 4190. The fourth-order valence-corrected chi connectivity index (χ4v) is 22.5. The summed E-state index contributed by atoms with van der Waals surface area (Å²) in [5.74, 6) is 14.0. The molecule has 708 valence electrons. The van der Waals surface area contributed by atoms with Crippen molar-refractivity contribution in [2.24, 2.45) is 76.4 Å². The zero-order valence-corrected chi connectivity index (χ0v) is 83.7. The third-order valence-corrected chi connectivity index (χ3v) is 32.3. The fourth-order valence-electron chi connectivity index (χ4n) is 22.5. The first kappa shape index (κ1) is 104. The molecule has 8 atom stereocenters. The number of phenolic OH excluding ortho intramolecular Hbond substituents is 3. The largest absolute Gasteiger partial charge is 0.514 e. The lowest BCUT2D eigenvalue weighted by Crippen LogP contribution is -2.58. The summed E-state index contributed by atoms with van der Waals surface area (Å²) in [6.07, 6.45) is 29.4. The van der Waals surface area contributed by atoms with Gasteiger partial charge in [-0.1, -0.05) is 214 Å². The van der Waals surface area contributed by atoms with Gasteiger partial charge in [0.15, 0.2) is 0 Å². The average molecular weight is 1770 g/mol. The summed E-state index contributed by atoms with van der Waals surface area (Å²) in [7, 11) is 0. The zero-order valence-electron chi connectivity index (χ0n) is 83.7. The Balaban J connectivity index is 0.000000170. The molecule has 19 rings (SSSR count). The highest BCUT2D eigenvalue weighted by molar-refractivity contribution is 5.90. The molecule has 12 aliphatic carbocycles. The van der Waals surface area contributed by atoms with Crippen molar-refractivity contribution >= 4 is 24.1 Å². The van der Waals surface area contributed by atoms with Gasteiger partial charge in [-0.05, 0) is 421 Å². The Kier molecular flexibility index (Phi) is 38.7. The molecule has 0 saturated heterocycles. The first-order chi connectivity index (χ1) is 61.2. The Morgan fingerprint density at radius 3 is 0.829 bits per heavy atom. The highest BCUT2D eigenvalue weighted by atomic mass is 16.7. The molecule has 7 aromatic rings. The summed E-state index contributed by atoms with van der Waals surface area (Å²) in [5.41, 5.74) is 9.57. The van der Waals surface area contributed by atoms with Gasteiger partial charge in [-0.3, -0.25) is 4.79 Å². The van der Waals surface area contributed by atoms with E-state index in [0.29, 0.717) is 99.2 Å². The molecule has 8 unspecified atom stereocenters. The lowest BCUT2D eigenvalue weighted by atomic mass is 9.46. The van der Waals surface area contributed by atoms with Gasteiger partial charge in [0.25, 0.3) is 0 Å². The van der Waals surface area contributed by atoms with E-state index in [1.807, 2.05) is 79.7 Å². The van der Waals surface area contributed by atoms with Crippen LogP contribution in [0.25, 0.3) is 0 Å². The maximum Gasteiger partial charge on any atom is 0.514 e. The predicted molar refractivity (Wildman–Crippen MR) is 530 cm³/mol. The van der Waals surface area contributed by atoms with Crippen LogP contribution in [0.1, 0.15) is 414 Å². The molecule has 0 amide bonds. The van der Waals surface area contributed by atoms with Crippen LogP contribution in [-0.2, 0) is 23.7 Å². The van der Waals surface area contributed by atoms with Crippen LogP contribution in [0.5, 0.6) is 23.0 Å². The van der Waals surface area contributed by atoms with E-state index in [-0.39, 0.29) is 46.0 Å². The normalized spacial score (nSPS) is 26.6. The van der Waals surface area contributed by atoms with Crippen molar-refractivity contribution in [1.29, 1.82) is 0 Å². The van der Waals surface area contributed by atoms with Gasteiger partial charge in [0, 0.05) is 5.41 Å². The van der Waals surface area contributed by atoms with E-state index < -0.39 is 11.8 Å². The van der Waals surface area contributed by atoms with Gasteiger partial charge in [-0.15, -0.1) is 0 Å². The molecular weight excluding hydrogens is 1600 g/mol. The van der Waals surface area contributed by atoms with Crippen LogP contribution in [-0.4, -0.2) is 61.8 Å². The lowest BCUT2D eigenvalue weighted by molar-refractivity contribution is -0.201. The number of aromatic hydroxyl groups is 3. The van der Waals surface area contributed by atoms with Crippen molar-refractivity contribution in [1.82, 2.24) is 0 Å². The van der Waals surface area contributed by atoms with Crippen LogP contribution in [0.3, 0.4) is 0 Å². The standard InChI is InChI=1S/2C22H30O2.C18H30O2.C15H22O3.3C10H14O.C10H14/c2*1-4-14(2)17-5-7-18(8-6-17)21(23)24-22(3)19-10-15-9-16(12-19)13-20(22)11-15;1-5-12(2)16(19)20-17(3,4)18-9-13-6-14(10-18)8-15(7-13)11-18;1-6-11(2)12-7-9-13(10-8-12)17-14(16)18-15(3,4)5;3*1-3-8(2)9-4-6-10(11)7-5-9;1-3-9(2)10-7-5-4-6-8-10/h2*5-8,14-16,19-20H,4,9-13H2,1-3H3;12-15H,5-11H2,1-4H3;7-11H,6H2,1-5H3;3*4-8,11H,3H2,1-2H3;4-9H,3H2,1-2H3. The van der Waals surface area contributed by atoms with Crippen molar-refractivity contribution in [2.75, 3.05) is 0 Å². The Labute approximate surface area is 780 Å². The van der Waals surface area contributed by atoms with Gasteiger partial charge in [0.2, 0.25) is 0 Å². The molecule has 12 heteroatoms. The molecule has 0 spiro atoms. The van der Waals surface area contributed by atoms with Gasteiger partial charge < -0.3 is 39.0 Å². The van der Waals surface area contributed by atoms with Crippen molar-refractivity contribution in [3.05, 3.63) is 226 Å². The average Bonchev–Trinajstić information content (AvgIpc) is 0.726. The minimum atomic E-state index is -0.668.